The first-order valence-corrected chi connectivity index (χ1v) is 7.08. The Labute approximate surface area is 116 Å². The van der Waals surface area contributed by atoms with Gasteiger partial charge in [-0.15, -0.1) is 0 Å². The van der Waals surface area contributed by atoms with Crippen molar-refractivity contribution in [3.63, 3.8) is 0 Å². The van der Waals surface area contributed by atoms with Gasteiger partial charge in [0.25, 0.3) is 0 Å². The van der Waals surface area contributed by atoms with E-state index < -0.39 is 0 Å². The largest absolute Gasteiger partial charge is 0.354 e. The monoisotopic (exact) mass is 262 g/mol. The first kappa shape index (κ1) is 14.3. The van der Waals surface area contributed by atoms with Gasteiger partial charge in [-0.25, -0.2) is 4.98 Å². The van der Waals surface area contributed by atoms with Gasteiger partial charge in [0.2, 0.25) is 0 Å². The number of piperazine rings is 1. The Morgan fingerprint density at radius 1 is 1.21 bits per heavy atom. The van der Waals surface area contributed by atoms with Crippen molar-refractivity contribution in [3.8, 4) is 0 Å². The summed E-state index contributed by atoms with van der Waals surface area (Å²) in [5.41, 5.74) is 8.56. The summed E-state index contributed by atoms with van der Waals surface area (Å²) in [5, 5.41) is 0. The van der Waals surface area contributed by atoms with Crippen molar-refractivity contribution in [2.45, 2.75) is 39.8 Å². The number of nitrogens with zero attached hydrogens (tertiary/aromatic N) is 3. The minimum absolute atomic E-state index is 0.253. The molecule has 4 nitrogen and oxygen atoms in total. The van der Waals surface area contributed by atoms with Gasteiger partial charge >= 0.3 is 0 Å². The Hall–Kier alpha value is -1.13. The van der Waals surface area contributed by atoms with E-state index in [1.165, 1.54) is 11.1 Å². The summed E-state index contributed by atoms with van der Waals surface area (Å²) in [6.07, 6.45) is 1.89. The second-order valence-electron chi connectivity index (χ2n) is 6.28. The number of aromatic nitrogens is 1. The third-order valence-corrected chi connectivity index (χ3v) is 4.00. The number of hydrogen-bond donors (Lipinski definition) is 1. The number of rotatable bonds is 2. The molecule has 0 amide bonds. The predicted molar refractivity (Wildman–Crippen MR) is 80.4 cm³/mol. The lowest BCUT2D eigenvalue weighted by molar-refractivity contribution is 0.128. The highest BCUT2D eigenvalue weighted by molar-refractivity contribution is 5.50. The maximum absolute atomic E-state index is 5.88. The van der Waals surface area contributed by atoms with Crippen molar-refractivity contribution >= 4 is 5.82 Å². The summed E-state index contributed by atoms with van der Waals surface area (Å²) >= 11 is 0. The van der Waals surface area contributed by atoms with E-state index in [9.17, 15) is 0 Å². The molecule has 0 aromatic carbocycles. The summed E-state index contributed by atoms with van der Waals surface area (Å²) in [5.74, 6) is 1.08. The maximum atomic E-state index is 5.88. The number of aryl methyl sites for hydroxylation is 1. The van der Waals surface area contributed by atoms with Gasteiger partial charge in [0.05, 0.1) is 0 Å². The van der Waals surface area contributed by atoms with E-state index in [-0.39, 0.29) is 5.54 Å². The van der Waals surface area contributed by atoms with Crippen LogP contribution in [0.1, 0.15) is 31.9 Å². The zero-order valence-corrected chi connectivity index (χ0v) is 12.6. The molecule has 1 aromatic rings. The average molecular weight is 262 g/mol. The summed E-state index contributed by atoms with van der Waals surface area (Å²) in [6, 6.07) is 2.04. The lowest BCUT2D eigenvalue weighted by Crippen LogP contribution is -2.53. The number of anilines is 1. The number of hydrogen-bond acceptors (Lipinski definition) is 4. The van der Waals surface area contributed by atoms with Gasteiger partial charge in [-0.05, 0) is 39.3 Å². The molecule has 0 unspecified atom stereocenters. The van der Waals surface area contributed by atoms with Crippen LogP contribution in [0.25, 0.3) is 0 Å². The second kappa shape index (κ2) is 5.47. The van der Waals surface area contributed by atoms with Gasteiger partial charge in [-0.1, -0.05) is 0 Å². The van der Waals surface area contributed by atoms with Crippen molar-refractivity contribution in [1.82, 2.24) is 9.88 Å². The van der Waals surface area contributed by atoms with E-state index in [1.54, 1.807) is 0 Å². The first-order valence-electron chi connectivity index (χ1n) is 7.08. The SMILES string of the molecule is Cc1ccnc(N2CCN(C(C)(C)C)CC2)c1CN. The summed E-state index contributed by atoms with van der Waals surface area (Å²) in [7, 11) is 0. The molecule has 0 atom stereocenters. The Kier molecular flexibility index (Phi) is 4.11. The third kappa shape index (κ3) is 3.07. The molecule has 106 valence electrons. The molecule has 0 saturated carbocycles. The molecule has 2 rings (SSSR count). The van der Waals surface area contributed by atoms with Gasteiger partial charge in [0.15, 0.2) is 0 Å². The van der Waals surface area contributed by atoms with Crippen molar-refractivity contribution < 1.29 is 0 Å². The van der Waals surface area contributed by atoms with Crippen molar-refractivity contribution in [2.75, 3.05) is 31.1 Å². The Morgan fingerprint density at radius 3 is 2.37 bits per heavy atom. The van der Waals surface area contributed by atoms with Crippen LogP contribution in [0.3, 0.4) is 0 Å². The molecule has 2 heterocycles. The fourth-order valence-electron chi connectivity index (χ4n) is 2.69. The molecule has 19 heavy (non-hydrogen) atoms. The number of pyridine rings is 1. The van der Waals surface area contributed by atoms with Crippen molar-refractivity contribution in [3.05, 3.63) is 23.4 Å². The van der Waals surface area contributed by atoms with Crippen LogP contribution >= 0.6 is 0 Å². The molecule has 0 radical (unpaired) electrons. The summed E-state index contributed by atoms with van der Waals surface area (Å²) in [4.78, 5) is 9.45. The van der Waals surface area contributed by atoms with Gasteiger partial charge < -0.3 is 10.6 Å². The topological polar surface area (TPSA) is 45.4 Å². The maximum Gasteiger partial charge on any atom is 0.133 e. The van der Waals surface area contributed by atoms with Gasteiger partial charge in [0.1, 0.15) is 5.82 Å². The molecular weight excluding hydrogens is 236 g/mol. The predicted octanol–water partition coefficient (Wildman–Crippen LogP) is 1.77. The zero-order valence-electron chi connectivity index (χ0n) is 12.6. The fourth-order valence-corrected chi connectivity index (χ4v) is 2.69. The minimum Gasteiger partial charge on any atom is -0.354 e. The van der Waals surface area contributed by atoms with Crippen LogP contribution in [0.5, 0.6) is 0 Å². The summed E-state index contributed by atoms with van der Waals surface area (Å²) < 4.78 is 0. The molecule has 0 spiro atoms. The molecule has 1 fully saturated rings. The third-order valence-electron chi connectivity index (χ3n) is 4.00. The molecule has 0 aliphatic carbocycles. The molecule has 2 N–H and O–H groups in total. The van der Waals surface area contributed by atoms with Crippen molar-refractivity contribution in [1.29, 1.82) is 0 Å². The molecule has 1 aliphatic rings. The fraction of sp³-hybridized carbons (Fsp3) is 0.667. The van der Waals surface area contributed by atoms with E-state index in [0.29, 0.717) is 6.54 Å². The normalized spacial score (nSPS) is 17.8. The average Bonchev–Trinajstić information content (AvgIpc) is 2.37. The second-order valence-corrected chi connectivity index (χ2v) is 6.28. The van der Waals surface area contributed by atoms with Crippen LogP contribution in [0.15, 0.2) is 12.3 Å². The lowest BCUT2D eigenvalue weighted by atomic mass is 10.0. The van der Waals surface area contributed by atoms with E-state index in [1.807, 2.05) is 12.3 Å². The quantitative estimate of drug-likeness (QED) is 0.882. The molecule has 1 aliphatic heterocycles. The molecule has 4 heteroatoms. The van der Waals surface area contributed by atoms with Gasteiger partial charge in [-0.3, -0.25) is 4.90 Å². The molecule has 0 bridgehead atoms. The number of nitrogens with two attached hydrogens (primary N) is 1. The first-order chi connectivity index (χ1) is 8.93. The van der Waals surface area contributed by atoms with Crippen LogP contribution in [-0.4, -0.2) is 41.6 Å². The molecular formula is C15H26N4. The van der Waals surface area contributed by atoms with Crippen molar-refractivity contribution in [2.24, 2.45) is 5.73 Å². The molecule has 1 aromatic heterocycles. The van der Waals surface area contributed by atoms with Crippen LogP contribution < -0.4 is 10.6 Å². The molecule has 1 saturated heterocycles. The smallest absolute Gasteiger partial charge is 0.133 e. The van der Waals surface area contributed by atoms with Crippen LogP contribution in [0.2, 0.25) is 0 Å². The standard InChI is InChI=1S/C15H26N4/c1-12-5-6-17-14(13(12)11-16)18-7-9-19(10-8-18)15(2,3)4/h5-6H,7-11,16H2,1-4H3. The van der Waals surface area contributed by atoms with Crippen LogP contribution in [0.4, 0.5) is 5.82 Å². The van der Waals surface area contributed by atoms with E-state index in [0.717, 1.165) is 32.0 Å². The Bertz CT molecular complexity index is 428. The van der Waals surface area contributed by atoms with E-state index >= 15 is 0 Å². The highest BCUT2D eigenvalue weighted by atomic mass is 15.3. The van der Waals surface area contributed by atoms with Gasteiger partial charge in [-0.2, -0.15) is 0 Å². The highest BCUT2D eigenvalue weighted by Crippen LogP contribution is 2.23. The lowest BCUT2D eigenvalue weighted by Gasteiger charge is -2.43. The van der Waals surface area contributed by atoms with Gasteiger partial charge in [0, 0.05) is 50.0 Å². The zero-order chi connectivity index (χ0) is 14.0. The summed E-state index contributed by atoms with van der Waals surface area (Å²) in [6.45, 7) is 13.7. The highest BCUT2D eigenvalue weighted by Gasteiger charge is 2.27. The van der Waals surface area contributed by atoms with E-state index in [4.69, 9.17) is 5.73 Å². The Balaban J connectivity index is 2.12. The Morgan fingerprint density at radius 2 is 1.84 bits per heavy atom. The minimum atomic E-state index is 0.253. The van der Waals surface area contributed by atoms with E-state index in [2.05, 4.69) is 42.5 Å². The van der Waals surface area contributed by atoms with Crippen LogP contribution in [0, 0.1) is 6.92 Å². The van der Waals surface area contributed by atoms with Crippen LogP contribution in [-0.2, 0) is 6.54 Å².